The van der Waals surface area contributed by atoms with Crippen molar-refractivity contribution in [3.8, 4) is 5.75 Å². The summed E-state index contributed by atoms with van der Waals surface area (Å²) in [6, 6.07) is 7.58. The van der Waals surface area contributed by atoms with Gasteiger partial charge in [-0.25, -0.2) is 13.8 Å². The molecule has 8 nitrogen and oxygen atoms in total. The SMILES string of the molecule is O=c1c([N+](=O)[O-])c(NCCOc2ccc(F)cc2F)nc2ccccn12. The Morgan fingerprint density at radius 3 is 2.81 bits per heavy atom. The molecule has 2 heterocycles. The molecule has 3 aromatic rings. The highest BCUT2D eigenvalue weighted by molar-refractivity contribution is 5.59. The topological polar surface area (TPSA) is 98.8 Å². The van der Waals surface area contributed by atoms with Crippen molar-refractivity contribution in [2.75, 3.05) is 18.5 Å². The molecular formula is C16H12F2N4O4. The lowest BCUT2D eigenvalue weighted by Gasteiger charge is -2.10. The second-order valence-electron chi connectivity index (χ2n) is 5.15. The van der Waals surface area contributed by atoms with Crippen molar-refractivity contribution >= 4 is 17.2 Å². The van der Waals surface area contributed by atoms with Gasteiger partial charge in [0, 0.05) is 12.3 Å². The molecule has 1 aromatic carbocycles. The Labute approximate surface area is 144 Å². The summed E-state index contributed by atoms with van der Waals surface area (Å²) in [7, 11) is 0. The number of fused-ring (bicyclic) bond motifs is 1. The summed E-state index contributed by atoms with van der Waals surface area (Å²) in [6.45, 7) is -0.0807. The van der Waals surface area contributed by atoms with Crippen LogP contribution in [0.3, 0.4) is 0 Å². The number of aromatic nitrogens is 2. The van der Waals surface area contributed by atoms with Gasteiger partial charge in [0.1, 0.15) is 18.1 Å². The molecular weight excluding hydrogens is 350 g/mol. The minimum atomic E-state index is -0.863. The molecule has 0 saturated heterocycles. The number of hydrogen-bond donors (Lipinski definition) is 1. The van der Waals surface area contributed by atoms with Crippen LogP contribution in [-0.2, 0) is 0 Å². The molecule has 134 valence electrons. The largest absolute Gasteiger partial charge is 0.489 e. The fourth-order valence-corrected chi connectivity index (χ4v) is 2.29. The number of nitrogens with one attached hydrogen (secondary N) is 1. The number of benzene rings is 1. The number of nitrogens with zero attached hydrogens (tertiary/aromatic N) is 3. The Bertz CT molecular complexity index is 1040. The highest BCUT2D eigenvalue weighted by Gasteiger charge is 2.23. The number of nitro groups is 1. The lowest BCUT2D eigenvalue weighted by atomic mass is 10.3. The smallest absolute Gasteiger partial charge is 0.376 e. The van der Waals surface area contributed by atoms with Crippen LogP contribution in [0.5, 0.6) is 5.75 Å². The Morgan fingerprint density at radius 2 is 2.08 bits per heavy atom. The van der Waals surface area contributed by atoms with Gasteiger partial charge in [0.25, 0.3) is 0 Å². The van der Waals surface area contributed by atoms with Gasteiger partial charge in [-0.1, -0.05) is 6.07 Å². The van der Waals surface area contributed by atoms with Crippen molar-refractivity contribution in [3.05, 3.63) is 74.7 Å². The molecule has 0 radical (unpaired) electrons. The van der Waals surface area contributed by atoms with Crippen molar-refractivity contribution in [1.82, 2.24) is 9.38 Å². The van der Waals surface area contributed by atoms with E-state index in [0.29, 0.717) is 6.07 Å². The molecule has 0 amide bonds. The summed E-state index contributed by atoms with van der Waals surface area (Å²) < 4.78 is 32.5. The maximum absolute atomic E-state index is 13.5. The van der Waals surface area contributed by atoms with Crippen LogP contribution in [0.25, 0.3) is 5.65 Å². The van der Waals surface area contributed by atoms with Crippen molar-refractivity contribution in [1.29, 1.82) is 0 Å². The van der Waals surface area contributed by atoms with E-state index in [4.69, 9.17) is 4.74 Å². The Morgan fingerprint density at radius 1 is 1.27 bits per heavy atom. The maximum atomic E-state index is 13.5. The Balaban J connectivity index is 1.77. The average molecular weight is 362 g/mol. The van der Waals surface area contributed by atoms with E-state index in [0.717, 1.165) is 16.5 Å². The first-order valence-corrected chi connectivity index (χ1v) is 7.45. The average Bonchev–Trinajstić information content (AvgIpc) is 2.60. The normalized spacial score (nSPS) is 10.7. The molecule has 26 heavy (non-hydrogen) atoms. The van der Waals surface area contributed by atoms with Crippen molar-refractivity contribution in [2.45, 2.75) is 0 Å². The van der Waals surface area contributed by atoms with Crippen LogP contribution in [0.1, 0.15) is 0 Å². The minimum Gasteiger partial charge on any atom is -0.489 e. The second-order valence-corrected chi connectivity index (χ2v) is 5.15. The number of rotatable bonds is 6. The summed E-state index contributed by atoms with van der Waals surface area (Å²) in [4.78, 5) is 26.7. The molecule has 10 heteroatoms. The van der Waals surface area contributed by atoms with Gasteiger partial charge in [-0.2, -0.15) is 0 Å². The van der Waals surface area contributed by atoms with Crippen LogP contribution in [0, 0.1) is 21.7 Å². The van der Waals surface area contributed by atoms with Crippen molar-refractivity contribution < 1.29 is 18.4 Å². The highest BCUT2D eigenvalue weighted by atomic mass is 19.1. The van der Waals surface area contributed by atoms with Gasteiger partial charge in [-0.3, -0.25) is 19.3 Å². The van der Waals surface area contributed by atoms with E-state index in [1.807, 2.05) is 0 Å². The number of ether oxygens (including phenoxy) is 1. The predicted molar refractivity (Wildman–Crippen MR) is 88.5 cm³/mol. The fourth-order valence-electron chi connectivity index (χ4n) is 2.29. The van der Waals surface area contributed by atoms with E-state index in [1.165, 1.54) is 12.3 Å². The number of pyridine rings is 1. The molecule has 0 atom stereocenters. The van der Waals surface area contributed by atoms with E-state index in [-0.39, 0.29) is 30.4 Å². The summed E-state index contributed by atoms with van der Waals surface area (Å²) in [6.07, 6.45) is 1.38. The fraction of sp³-hybridized carbons (Fsp3) is 0.125. The van der Waals surface area contributed by atoms with Gasteiger partial charge < -0.3 is 10.1 Å². The lowest BCUT2D eigenvalue weighted by Crippen LogP contribution is -2.22. The lowest BCUT2D eigenvalue weighted by molar-refractivity contribution is -0.385. The first-order chi connectivity index (χ1) is 12.5. The quantitative estimate of drug-likeness (QED) is 0.411. The minimum absolute atomic E-state index is 0.00705. The maximum Gasteiger partial charge on any atom is 0.376 e. The third-order valence-electron chi connectivity index (χ3n) is 3.44. The number of hydrogen-bond acceptors (Lipinski definition) is 6. The molecule has 0 spiro atoms. The monoisotopic (exact) mass is 362 g/mol. The van der Waals surface area contributed by atoms with E-state index < -0.39 is 27.8 Å². The van der Waals surface area contributed by atoms with Gasteiger partial charge in [0.2, 0.25) is 5.82 Å². The molecule has 0 aliphatic rings. The standard InChI is InChI=1S/C16H12F2N4O4/c17-10-4-5-12(11(18)9-10)26-8-6-19-15-14(22(24)25)16(23)21-7-2-1-3-13(21)20-15/h1-5,7,9,19H,6,8H2. The molecule has 0 unspecified atom stereocenters. The first-order valence-electron chi connectivity index (χ1n) is 7.45. The Kier molecular flexibility index (Phi) is 4.74. The molecule has 0 bridgehead atoms. The van der Waals surface area contributed by atoms with Crippen molar-refractivity contribution in [2.24, 2.45) is 0 Å². The number of anilines is 1. The van der Waals surface area contributed by atoms with E-state index in [9.17, 15) is 23.7 Å². The summed E-state index contributed by atoms with van der Waals surface area (Å²) in [5.74, 6) is -1.97. The first kappa shape index (κ1) is 17.3. The van der Waals surface area contributed by atoms with Gasteiger partial charge in [0.15, 0.2) is 11.6 Å². The van der Waals surface area contributed by atoms with Gasteiger partial charge >= 0.3 is 11.2 Å². The van der Waals surface area contributed by atoms with Crippen LogP contribution in [0.4, 0.5) is 20.3 Å². The van der Waals surface area contributed by atoms with Crippen LogP contribution in [-0.4, -0.2) is 27.5 Å². The zero-order chi connectivity index (χ0) is 18.7. The van der Waals surface area contributed by atoms with E-state index in [1.54, 1.807) is 12.1 Å². The summed E-state index contributed by atoms with van der Waals surface area (Å²) in [5, 5.41) is 13.9. The van der Waals surface area contributed by atoms with Crippen LogP contribution in [0.15, 0.2) is 47.4 Å². The molecule has 2 aromatic heterocycles. The zero-order valence-electron chi connectivity index (χ0n) is 13.2. The molecule has 0 aliphatic carbocycles. The van der Waals surface area contributed by atoms with Crippen LogP contribution < -0.4 is 15.6 Å². The zero-order valence-corrected chi connectivity index (χ0v) is 13.2. The van der Waals surface area contributed by atoms with Crippen LogP contribution >= 0.6 is 0 Å². The third kappa shape index (κ3) is 3.43. The Hall–Kier alpha value is -3.56. The van der Waals surface area contributed by atoms with Gasteiger partial charge in [-0.05, 0) is 24.3 Å². The third-order valence-corrected chi connectivity index (χ3v) is 3.44. The van der Waals surface area contributed by atoms with Crippen LogP contribution in [0.2, 0.25) is 0 Å². The summed E-state index contributed by atoms with van der Waals surface area (Å²) >= 11 is 0. The highest BCUT2D eigenvalue weighted by Crippen LogP contribution is 2.19. The van der Waals surface area contributed by atoms with Gasteiger partial charge in [0.05, 0.1) is 11.5 Å². The number of halogens is 2. The molecule has 0 saturated carbocycles. The summed E-state index contributed by atoms with van der Waals surface area (Å²) in [5.41, 5.74) is -1.30. The molecule has 0 aliphatic heterocycles. The second kappa shape index (κ2) is 7.13. The van der Waals surface area contributed by atoms with Gasteiger partial charge in [-0.15, -0.1) is 0 Å². The van der Waals surface area contributed by atoms with Crippen molar-refractivity contribution in [3.63, 3.8) is 0 Å². The van der Waals surface area contributed by atoms with E-state index in [2.05, 4.69) is 10.3 Å². The van der Waals surface area contributed by atoms with E-state index >= 15 is 0 Å². The molecule has 3 rings (SSSR count). The predicted octanol–water partition coefficient (Wildman–Crippen LogP) is 2.37. The molecule has 0 fully saturated rings. The molecule has 1 N–H and O–H groups in total.